The zero-order valence-electron chi connectivity index (χ0n) is 21.8. The summed E-state index contributed by atoms with van der Waals surface area (Å²) in [6, 6.07) is 15.4. The molecule has 1 N–H and O–H groups in total. The molecule has 0 atom stereocenters. The van der Waals surface area contributed by atoms with Crippen LogP contribution in [-0.4, -0.2) is 48.9 Å². The molecule has 0 heterocycles. The summed E-state index contributed by atoms with van der Waals surface area (Å²) in [6.07, 6.45) is 5.46. The Bertz CT molecular complexity index is 1480. The summed E-state index contributed by atoms with van der Waals surface area (Å²) in [5.41, 5.74) is 2.23. The average Bonchev–Trinajstić information content (AvgIpc) is 2.98. The third kappa shape index (κ3) is 8.09. The maximum Gasteiger partial charge on any atom is 0.342 e. The fraction of sp³-hybridized carbons (Fsp3) is 0.129. The fourth-order valence-electron chi connectivity index (χ4n) is 3.51. The van der Waals surface area contributed by atoms with Crippen molar-refractivity contribution >= 4 is 41.8 Å². The number of benzene rings is 3. The highest BCUT2D eigenvalue weighted by atomic mass is 16.5. The van der Waals surface area contributed by atoms with Gasteiger partial charge in [0.15, 0.2) is 29.4 Å². The van der Waals surface area contributed by atoms with E-state index in [9.17, 15) is 29.1 Å². The van der Waals surface area contributed by atoms with Gasteiger partial charge in [-0.3, -0.25) is 19.2 Å². The Morgan fingerprint density at radius 2 is 1.35 bits per heavy atom. The van der Waals surface area contributed by atoms with Gasteiger partial charge in [-0.15, -0.1) is 0 Å². The highest BCUT2D eigenvalue weighted by Crippen LogP contribution is 2.27. The summed E-state index contributed by atoms with van der Waals surface area (Å²) in [4.78, 5) is 59.0. The number of phenolic OH excluding ortho intramolecular Hbond substituents is 1. The van der Waals surface area contributed by atoms with E-state index in [4.69, 9.17) is 14.2 Å². The van der Waals surface area contributed by atoms with Crippen LogP contribution in [0.1, 0.15) is 43.8 Å². The van der Waals surface area contributed by atoms with E-state index >= 15 is 0 Å². The molecule has 0 aliphatic heterocycles. The van der Waals surface area contributed by atoms with Crippen LogP contribution in [0.25, 0.3) is 12.2 Å². The number of hydrogen-bond donors (Lipinski definition) is 1. The smallest absolute Gasteiger partial charge is 0.342 e. The third-order valence-electron chi connectivity index (χ3n) is 5.64. The number of rotatable bonds is 13. The first-order valence-electron chi connectivity index (χ1n) is 12.0. The first kappa shape index (κ1) is 29.2. The molecule has 0 radical (unpaired) electrons. The molecular weight excluding hydrogens is 516 g/mol. The van der Waals surface area contributed by atoms with Crippen LogP contribution in [0.3, 0.4) is 0 Å². The molecule has 9 heteroatoms. The monoisotopic (exact) mass is 542 g/mol. The summed E-state index contributed by atoms with van der Waals surface area (Å²) < 4.78 is 15.7. The van der Waals surface area contributed by atoms with Crippen molar-refractivity contribution < 1.29 is 43.3 Å². The van der Waals surface area contributed by atoms with Crippen molar-refractivity contribution in [3.8, 4) is 17.2 Å². The number of esters is 1. The van der Waals surface area contributed by atoms with Crippen molar-refractivity contribution in [2.24, 2.45) is 0 Å². The van der Waals surface area contributed by atoms with Crippen LogP contribution in [0.15, 0.2) is 72.8 Å². The lowest BCUT2D eigenvalue weighted by molar-refractivity contribution is -0.121. The number of carbonyl (C=O) groups excluding carboxylic acids is 5. The molecule has 0 aromatic heterocycles. The lowest BCUT2D eigenvalue weighted by Gasteiger charge is -2.10. The first-order chi connectivity index (χ1) is 19.2. The molecule has 0 bridgehead atoms. The van der Waals surface area contributed by atoms with Gasteiger partial charge in [-0.05, 0) is 53.1 Å². The van der Waals surface area contributed by atoms with Crippen molar-refractivity contribution in [2.45, 2.75) is 13.0 Å². The molecule has 40 heavy (non-hydrogen) atoms. The van der Waals surface area contributed by atoms with Crippen LogP contribution >= 0.6 is 0 Å². The maximum absolute atomic E-state index is 12.6. The Kier molecular flexibility index (Phi) is 10.2. The maximum atomic E-state index is 12.6. The van der Waals surface area contributed by atoms with E-state index in [0.717, 1.165) is 0 Å². The summed E-state index contributed by atoms with van der Waals surface area (Å²) in [7, 11) is 2.81. The second-order valence-corrected chi connectivity index (χ2v) is 8.42. The van der Waals surface area contributed by atoms with Crippen molar-refractivity contribution in [1.82, 2.24) is 0 Å². The number of aldehydes is 1. The summed E-state index contributed by atoms with van der Waals surface area (Å²) in [6.45, 7) is -0.0591. The normalized spacial score (nSPS) is 10.8. The molecule has 0 amide bonds. The molecular formula is C31H26O9. The molecule has 3 rings (SSSR count). The van der Waals surface area contributed by atoms with E-state index in [1.165, 1.54) is 62.8 Å². The van der Waals surface area contributed by atoms with Gasteiger partial charge in [0.25, 0.3) is 0 Å². The molecule has 0 aliphatic carbocycles. The van der Waals surface area contributed by atoms with Gasteiger partial charge in [-0.25, -0.2) is 4.79 Å². The number of ether oxygens (including phenoxy) is 3. The predicted octanol–water partition coefficient (Wildman–Crippen LogP) is 4.40. The topological polar surface area (TPSA) is 133 Å². The number of methoxy groups -OCH3 is 2. The molecule has 0 saturated carbocycles. The fourth-order valence-corrected chi connectivity index (χ4v) is 3.51. The number of ketones is 3. The van der Waals surface area contributed by atoms with Crippen molar-refractivity contribution in [3.05, 3.63) is 101 Å². The molecule has 0 fully saturated rings. The number of Topliss-reactive ketones (excluding diaryl/α,β-unsaturated/α-hetero) is 1. The molecule has 3 aromatic carbocycles. The number of aromatic hydroxyl groups is 1. The van der Waals surface area contributed by atoms with Crippen LogP contribution in [0.2, 0.25) is 0 Å². The van der Waals surface area contributed by atoms with Crippen molar-refractivity contribution in [3.63, 3.8) is 0 Å². The molecule has 0 spiro atoms. The summed E-state index contributed by atoms with van der Waals surface area (Å²) in [5.74, 6) is -1.62. The lowest BCUT2D eigenvalue weighted by Crippen LogP contribution is -2.08. The van der Waals surface area contributed by atoms with Gasteiger partial charge < -0.3 is 19.3 Å². The molecule has 0 unspecified atom stereocenters. The first-order valence-corrected chi connectivity index (χ1v) is 12.0. The van der Waals surface area contributed by atoms with Crippen LogP contribution < -0.4 is 9.47 Å². The van der Waals surface area contributed by atoms with Crippen LogP contribution in [0.5, 0.6) is 17.2 Å². The average molecular weight is 543 g/mol. The predicted molar refractivity (Wildman–Crippen MR) is 146 cm³/mol. The van der Waals surface area contributed by atoms with Crippen LogP contribution in [-0.2, 0) is 25.7 Å². The Labute approximate surface area is 230 Å². The molecule has 3 aromatic rings. The second kappa shape index (κ2) is 14.0. The van der Waals surface area contributed by atoms with Gasteiger partial charge in [0.1, 0.15) is 17.9 Å². The van der Waals surface area contributed by atoms with E-state index < -0.39 is 23.3 Å². The minimum Gasteiger partial charge on any atom is -0.504 e. The van der Waals surface area contributed by atoms with Crippen molar-refractivity contribution in [2.75, 3.05) is 14.2 Å². The van der Waals surface area contributed by atoms with Crippen molar-refractivity contribution in [1.29, 1.82) is 0 Å². The van der Waals surface area contributed by atoms with Gasteiger partial charge in [0, 0.05) is 5.56 Å². The van der Waals surface area contributed by atoms with E-state index in [0.29, 0.717) is 16.7 Å². The SMILES string of the molecule is COc1cc(C=CC(=O)CC(=O)C=Cc2ccc(C(=O)OCc3ccc(C(=O)C=O)cc3)c(OC)c2)ccc1O. The zero-order chi connectivity index (χ0) is 29.1. The number of allylic oxidation sites excluding steroid dienone is 2. The van der Waals surface area contributed by atoms with Gasteiger partial charge in [-0.1, -0.05) is 48.6 Å². The number of carbonyl (C=O) groups is 5. The lowest BCUT2D eigenvalue weighted by atomic mass is 10.1. The Hall–Kier alpha value is -5.31. The van der Waals surface area contributed by atoms with E-state index in [1.807, 2.05) is 0 Å². The minimum absolute atomic E-state index is 0.0223. The number of phenols is 1. The van der Waals surface area contributed by atoms with E-state index in [2.05, 4.69) is 0 Å². The van der Waals surface area contributed by atoms with Crippen LogP contribution in [0, 0.1) is 0 Å². The summed E-state index contributed by atoms with van der Waals surface area (Å²) >= 11 is 0. The molecule has 204 valence electrons. The van der Waals surface area contributed by atoms with Gasteiger partial charge >= 0.3 is 5.97 Å². The van der Waals surface area contributed by atoms with E-state index in [1.54, 1.807) is 36.4 Å². The standard InChI is InChI=1S/C31H26O9/c1-38-29-15-20(5-11-24(33)17-25(34)12-6-21-8-14-27(35)30(16-21)39-2)7-13-26(29)31(37)40-19-22-3-9-23(10-4-22)28(36)18-32/h3-16,18,35H,17,19H2,1-2H3. The van der Waals surface area contributed by atoms with Gasteiger partial charge in [0.2, 0.25) is 5.78 Å². The quantitative estimate of drug-likeness (QED) is 0.0833. The van der Waals surface area contributed by atoms with Crippen LogP contribution in [0.4, 0.5) is 0 Å². The Morgan fingerprint density at radius 3 is 1.93 bits per heavy atom. The molecule has 9 nitrogen and oxygen atoms in total. The summed E-state index contributed by atoms with van der Waals surface area (Å²) in [5, 5.41) is 9.64. The number of hydrogen-bond acceptors (Lipinski definition) is 9. The Morgan fingerprint density at radius 1 is 0.775 bits per heavy atom. The Balaban J connectivity index is 1.57. The van der Waals surface area contributed by atoms with E-state index in [-0.39, 0.29) is 47.7 Å². The highest BCUT2D eigenvalue weighted by Gasteiger charge is 2.15. The molecule has 0 aliphatic rings. The molecule has 0 saturated heterocycles. The van der Waals surface area contributed by atoms with Gasteiger partial charge in [0.05, 0.1) is 20.6 Å². The minimum atomic E-state index is -0.639. The van der Waals surface area contributed by atoms with Gasteiger partial charge in [-0.2, -0.15) is 0 Å². The third-order valence-corrected chi connectivity index (χ3v) is 5.64. The second-order valence-electron chi connectivity index (χ2n) is 8.42. The highest BCUT2D eigenvalue weighted by molar-refractivity contribution is 6.33. The largest absolute Gasteiger partial charge is 0.504 e. The zero-order valence-corrected chi connectivity index (χ0v) is 21.8.